The van der Waals surface area contributed by atoms with Gasteiger partial charge in [-0.1, -0.05) is 15.9 Å². The number of nitriles is 2. The predicted molar refractivity (Wildman–Crippen MR) is 53.3 cm³/mol. The second-order valence-corrected chi connectivity index (χ2v) is 4.08. The Morgan fingerprint density at radius 1 is 1.57 bits per heavy atom. The van der Waals surface area contributed by atoms with Gasteiger partial charge in [0.15, 0.2) is 0 Å². The summed E-state index contributed by atoms with van der Waals surface area (Å²) >= 11 is 3.08. The molecule has 0 saturated heterocycles. The van der Waals surface area contributed by atoms with Gasteiger partial charge in [0.1, 0.15) is 10.2 Å². The maximum Gasteiger partial charge on any atom is 0.319 e. The van der Waals surface area contributed by atoms with Gasteiger partial charge in [0.25, 0.3) is 0 Å². The second kappa shape index (κ2) is 5.62. The Hall–Kier alpha value is -1.07. The van der Waals surface area contributed by atoms with Crippen LogP contribution in [0.4, 0.5) is 0 Å². The van der Waals surface area contributed by atoms with Crippen molar-refractivity contribution in [3.8, 4) is 12.1 Å². The van der Waals surface area contributed by atoms with Crippen LogP contribution < -0.4 is 0 Å². The molecule has 0 aliphatic heterocycles. The van der Waals surface area contributed by atoms with Gasteiger partial charge in [-0.2, -0.15) is 10.5 Å². The van der Waals surface area contributed by atoms with Crippen molar-refractivity contribution in [1.29, 1.82) is 10.5 Å². The molecule has 0 aromatic carbocycles. The quantitative estimate of drug-likeness (QED) is 0.569. The van der Waals surface area contributed by atoms with Crippen molar-refractivity contribution in [2.24, 2.45) is 5.41 Å². The topological polar surface area (TPSA) is 73.9 Å². The molecule has 0 rings (SSSR count). The third-order valence-electron chi connectivity index (χ3n) is 1.62. The SMILES string of the molecule is CCOC(=O)C(Br)CC(C)(C#N)C#N. The van der Waals surface area contributed by atoms with Crippen LogP contribution in [-0.4, -0.2) is 17.4 Å². The van der Waals surface area contributed by atoms with E-state index in [2.05, 4.69) is 15.9 Å². The van der Waals surface area contributed by atoms with E-state index in [0.29, 0.717) is 0 Å². The third-order valence-corrected chi connectivity index (χ3v) is 2.32. The molecule has 0 bridgehead atoms. The first-order valence-corrected chi connectivity index (χ1v) is 5.04. The fourth-order valence-corrected chi connectivity index (χ4v) is 1.57. The average Bonchev–Trinajstić information content (AvgIpc) is 2.18. The minimum atomic E-state index is -1.15. The second-order valence-electron chi connectivity index (χ2n) is 2.98. The Balaban J connectivity index is 4.34. The highest BCUT2D eigenvalue weighted by atomic mass is 79.9. The lowest BCUT2D eigenvalue weighted by Crippen LogP contribution is -2.25. The van der Waals surface area contributed by atoms with Gasteiger partial charge in [0.05, 0.1) is 18.7 Å². The molecule has 76 valence electrons. The van der Waals surface area contributed by atoms with Crippen molar-refractivity contribution in [3.05, 3.63) is 0 Å². The summed E-state index contributed by atoms with van der Waals surface area (Å²) in [6.07, 6.45) is 0.124. The number of carbonyl (C=O) groups is 1. The fourth-order valence-electron chi connectivity index (χ4n) is 0.791. The highest BCUT2D eigenvalue weighted by molar-refractivity contribution is 9.10. The molecule has 0 aliphatic carbocycles. The van der Waals surface area contributed by atoms with Crippen molar-refractivity contribution < 1.29 is 9.53 Å². The van der Waals surface area contributed by atoms with Gasteiger partial charge in [0.2, 0.25) is 0 Å². The lowest BCUT2D eigenvalue weighted by molar-refractivity contribution is -0.142. The number of hydrogen-bond acceptors (Lipinski definition) is 4. The van der Waals surface area contributed by atoms with E-state index in [-0.39, 0.29) is 13.0 Å². The zero-order chi connectivity index (χ0) is 11.2. The molecule has 0 aromatic heterocycles. The number of hydrogen-bond donors (Lipinski definition) is 0. The molecular formula is C9H11BrN2O2. The standard InChI is InChI=1S/C9H11BrN2O2/c1-3-14-8(13)7(10)4-9(2,5-11)6-12/h7H,3-4H2,1-2H3. The summed E-state index contributed by atoms with van der Waals surface area (Å²) in [6, 6.07) is 3.71. The van der Waals surface area contributed by atoms with Crippen LogP contribution >= 0.6 is 15.9 Å². The van der Waals surface area contributed by atoms with Gasteiger partial charge in [-0.15, -0.1) is 0 Å². The molecule has 0 fully saturated rings. The molecule has 0 N–H and O–H groups in total. The summed E-state index contributed by atoms with van der Waals surface area (Å²) in [5.74, 6) is -0.441. The predicted octanol–water partition coefficient (Wildman–Crippen LogP) is 1.76. The summed E-state index contributed by atoms with van der Waals surface area (Å²) in [4.78, 5) is 10.6. The molecule has 0 aliphatic rings. The molecule has 0 heterocycles. The first-order valence-electron chi connectivity index (χ1n) is 4.12. The Morgan fingerprint density at radius 2 is 2.07 bits per heavy atom. The van der Waals surface area contributed by atoms with Crippen LogP contribution in [0.1, 0.15) is 20.3 Å². The number of esters is 1. The summed E-state index contributed by atoms with van der Waals surface area (Å²) in [6.45, 7) is 3.47. The molecule has 0 amide bonds. The van der Waals surface area contributed by atoms with Gasteiger partial charge >= 0.3 is 5.97 Å². The van der Waals surface area contributed by atoms with E-state index in [1.807, 2.05) is 12.1 Å². The number of nitrogens with zero attached hydrogens (tertiary/aromatic N) is 2. The molecule has 0 aromatic rings. The monoisotopic (exact) mass is 258 g/mol. The van der Waals surface area contributed by atoms with E-state index in [1.54, 1.807) is 6.92 Å². The Labute approximate surface area is 91.6 Å². The molecular weight excluding hydrogens is 248 g/mol. The van der Waals surface area contributed by atoms with Crippen molar-refractivity contribution in [2.45, 2.75) is 25.1 Å². The summed E-state index contributed by atoms with van der Waals surface area (Å²) in [5.41, 5.74) is -1.15. The minimum Gasteiger partial charge on any atom is -0.465 e. The molecule has 5 heteroatoms. The number of carbonyl (C=O) groups excluding carboxylic acids is 1. The third kappa shape index (κ3) is 3.76. The molecule has 1 atom stereocenters. The maximum absolute atomic E-state index is 11.2. The van der Waals surface area contributed by atoms with Crippen LogP contribution in [-0.2, 0) is 9.53 Å². The van der Waals surface area contributed by atoms with Crippen LogP contribution in [0.15, 0.2) is 0 Å². The highest BCUT2D eigenvalue weighted by Gasteiger charge is 2.30. The Morgan fingerprint density at radius 3 is 2.43 bits per heavy atom. The van der Waals surface area contributed by atoms with Crippen molar-refractivity contribution in [2.75, 3.05) is 6.61 Å². The summed E-state index contributed by atoms with van der Waals surface area (Å²) < 4.78 is 4.73. The van der Waals surface area contributed by atoms with Crippen molar-refractivity contribution in [1.82, 2.24) is 0 Å². The Bertz CT molecular complexity index is 276. The van der Waals surface area contributed by atoms with E-state index >= 15 is 0 Å². The van der Waals surface area contributed by atoms with Crippen LogP contribution in [0.3, 0.4) is 0 Å². The highest BCUT2D eigenvalue weighted by Crippen LogP contribution is 2.25. The normalized spacial score (nSPS) is 12.4. The summed E-state index contributed by atoms with van der Waals surface area (Å²) in [7, 11) is 0. The van der Waals surface area contributed by atoms with Crippen molar-refractivity contribution in [3.63, 3.8) is 0 Å². The van der Waals surface area contributed by atoms with Crippen LogP contribution in [0.25, 0.3) is 0 Å². The zero-order valence-corrected chi connectivity index (χ0v) is 9.67. The molecule has 0 radical (unpaired) electrons. The first-order chi connectivity index (χ1) is 6.49. The van der Waals surface area contributed by atoms with Crippen molar-refractivity contribution >= 4 is 21.9 Å². The minimum absolute atomic E-state index is 0.124. The van der Waals surface area contributed by atoms with E-state index in [9.17, 15) is 4.79 Å². The van der Waals surface area contributed by atoms with Gasteiger partial charge in [-0.25, -0.2) is 0 Å². The van der Waals surface area contributed by atoms with Gasteiger partial charge in [0, 0.05) is 6.42 Å². The van der Waals surface area contributed by atoms with Gasteiger partial charge in [-0.05, 0) is 13.8 Å². The van der Waals surface area contributed by atoms with Crippen LogP contribution in [0.5, 0.6) is 0 Å². The zero-order valence-electron chi connectivity index (χ0n) is 8.08. The van der Waals surface area contributed by atoms with E-state index < -0.39 is 16.2 Å². The lowest BCUT2D eigenvalue weighted by Gasteiger charge is -2.15. The molecule has 0 spiro atoms. The average molecular weight is 259 g/mol. The molecule has 0 saturated carbocycles. The van der Waals surface area contributed by atoms with Gasteiger partial charge in [-0.3, -0.25) is 4.79 Å². The number of alkyl halides is 1. The largest absolute Gasteiger partial charge is 0.465 e. The number of halogens is 1. The lowest BCUT2D eigenvalue weighted by atomic mass is 9.89. The van der Waals surface area contributed by atoms with E-state index in [0.717, 1.165) is 0 Å². The fraction of sp³-hybridized carbons (Fsp3) is 0.667. The van der Waals surface area contributed by atoms with Crippen LogP contribution in [0.2, 0.25) is 0 Å². The molecule has 1 unspecified atom stereocenters. The van der Waals surface area contributed by atoms with E-state index in [4.69, 9.17) is 15.3 Å². The molecule has 14 heavy (non-hydrogen) atoms. The first kappa shape index (κ1) is 12.9. The number of ether oxygens (including phenoxy) is 1. The Kier molecular flexibility index (Phi) is 5.19. The summed E-state index contributed by atoms with van der Waals surface area (Å²) in [5, 5.41) is 17.4. The van der Waals surface area contributed by atoms with Crippen LogP contribution in [0, 0.1) is 28.1 Å². The van der Waals surface area contributed by atoms with E-state index in [1.165, 1.54) is 6.92 Å². The number of rotatable bonds is 4. The smallest absolute Gasteiger partial charge is 0.319 e. The molecule has 4 nitrogen and oxygen atoms in total. The maximum atomic E-state index is 11.2. The van der Waals surface area contributed by atoms with Gasteiger partial charge < -0.3 is 4.74 Å².